The molecule has 25 heavy (non-hydrogen) atoms. The SMILES string of the molecule is O=c1c(COCc2ccc(Cl)cc2Cl)cc2cccc3c2n1CCC3. The standard InChI is InChI=1S/C20H17Cl2NO2/c21-17-7-6-15(18(22)10-17)11-25-12-16-9-14-4-1-3-13-5-2-8-23(19(13)14)20(16)24/h1,3-4,6-7,9-10H,2,5,8,11-12H2. The molecule has 4 rings (SSSR count). The summed E-state index contributed by atoms with van der Waals surface area (Å²) in [6, 6.07) is 13.5. The number of aryl methyl sites for hydroxylation is 2. The number of para-hydroxylation sites is 1. The first-order chi connectivity index (χ1) is 12.1. The summed E-state index contributed by atoms with van der Waals surface area (Å²) in [6.45, 7) is 1.37. The van der Waals surface area contributed by atoms with Crippen LogP contribution in [0.3, 0.4) is 0 Å². The lowest BCUT2D eigenvalue weighted by molar-refractivity contribution is 0.106. The van der Waals surface area contributed by atoms with Crippen molar-refractivity contribution in [3.05, 3.63) is 79.6 Å². The van der Waals surface area contributed by atoms with Crippen LogP contribution in [0.1, 0.15) is 23.1 Å². The lowest BCUT2D eigenvalue weighted by Crippen LogP contribution is -2.27. The first-order valence-corrected chi connectivity index (χ1v) is 9.05. The van der Waals surface area contributed by atoms with E-state index >= 15 is 0 Å². The highest BCUT2D eigenvalue weighted by Gasteiger charge is 2.16. The Balaban J connectivity index is 1.60. The summed E-state index contributed by atoms with van der Waals surface area (Å²) in [5.41, 5.74) is 3.90. The van der Waals surface area contributed by atoms with Gasteiger partial charge in [0.25, 0.3) is 5.56 Å². The van der Waals surface area contributed by atoms with E-state index in [0.717, 1.165) is 35.9 Å². The van der Waals surface area contributed by atoms with Crippen LogP contribution in [0.15, 0.2) is 47.3 Å². The number of aromatic nitrogens is 1. The third kappa shape index (κ3) is 3.20. The largest absolute Gasteiger partial charge is 0.372 e. The van der Waals surface area contributed by atoms with E-state index in [1.165, 1.54) is 5.56 Å². The molecule has 1 aromatic heterocycles. The van der Waals surface area contributed by atoms with Crippen molar-refractivity contribution < 1.29 is 4.74 Å². The van der Waals surface area contributed by atoms with E-state index in [1.807, 2.05) is 16.7 Å². The van der Waals surface area contributed by atoms with E-state index in [4.69, 9.17) is 27.9 Å². The fraction of sp³-hybridized carbons (Fsp3) is 0.250. The summed E-state index contributed by atoms with van der Waals surface area (Å²) in [4.78, 5) is 12.8. The molecule has 0 unspecified atom stereocenters. The predicted octanol–water partition coefficient (Wildman–Crippen LogP) is 4.97. The second kappa shape index (κ2) is 6.83. The van der Waals surface area contributed by atoms with Crippen molar-refractivity contribution in [3.63, 3.8) is 0 Å². The monoisotopic (exact) mass is 373 g/mol. The highest BCUT2D eigenvalue weighted by atomic mass is 35.5. The van der Waals surface area contributed by atoms with Gasteiger partial charge in [-0.2, -0.15) is 0 Å². The number of nitrogens with zero attached hydrogens (tertiary/aromatic N) is 1. The fourth-order valence-electron chi connectivity index (χ4n) is 3.44. The lowest BCUT2D eigenvalue weighted by atomic mass is 10.0. The van der Waals surface area contributed by atoms with Crippen molar-refractivity contribution in [2.24, 2.45) is 0 Å². The normalized spacial score (nSPS) is 13.4. The molecule has 0 amide bonds. The van der Waals surface area contributed by atoms with Crippen LogP contribution in [-0.2, 0) is 30.9 Å². The maximum atomic E-state index is 12.8. The minimum absolute atomic E-state index is 0.0434. The first kappa shape index (κ1) is 16.6. The number of hydrogen-bond acceptors (Lipinski definition) is 2. The minimum atomic E-state index is 0.0434. The Morgan fingerprint density at radius 2 is 1.88 bits per heavy atom. The van der Waals surface area contributed by atoms with Gasteiger partial charge in [-0.1, -0.05) is 47.5 Å². The third-order valence-electron chi connectivity index (χ3n) is 4.63. The second-order valence-corrected chi connectivity index (χ2v) is 7.16. The number of benzene rings is 2. The van der Waals surface area contributed by atoms with Gasteiger partial charge < -0.3 is 9.30 Å². The van der Waals surface area contributed by atoms with Gasteiger partial charge >= 0.3 is 0 Å². The Hall–Kier alpha value is -1.81. The van der Waals surface area contributed by atoms with Crippen molar-refractivity contribution >= 4 is 34.1 Å². The van der Waals surface area contributed by atoms with Crippen molar-refractivity contribution in [3.8, 4) is 0 Å². The molecule has 128 valence electrons. The zero-order valence-electron chi connectivity index (χ0n) is 13.6. The summed E-state index contributed by atoms with van der Waals surface area (Å²) in [5, 5.41) is 2.26. The van der Waals surface area contributed by atoms with Crippen LogP contribution < -0.4 is 5.56 Å². The zero-order chi connectivity index (χ0) is 17.4. The molecule has 5 heteroatoms. The molecule has 3 aromatic rings. The molecule has 0 atom stereocenters. The summed E-state index contributed by atoms with van der Waals surface area (Å²) < 4.78 is 7.65. The Labute approximate surface area is 155 Å². The Bertz CT molecular complexity index is 1010. The van der Waals surface area contributed by atoms with E-state index in [2.05, 4.69) is 18.2 Å². The molecule has 0 radical (unpaired) electrons. The van der Waals surface area contributed by atoms with E-state index in [0.29, 0.717) is 22.2 Å². The van der Waals surface area contributed by atoms with Gasteiger partial charge in [0.2, 0.25) is 0 Å². The van der Waals surface area contributed by atoms with Gasteiger partial charge in [-0.3, -0.25) is 4.79 Å². The molecule has 2 heterocycles. The van der Waals surface area contributed by atoms with Crippen LogP contribution in [0.2, 0.25) is 10.0 Å². The molecular weight excluding hydrogens is 357 g/mol. The molecule has 3 nitrogen and oxygen atoms in total. The summed E-state index contributed by atoms with van der Waals surface area (Å²) >= 11 is 12.1. The van der Waals surface area contributed by atoms with Gasteiger partial charge in [0.05, 0.1) is 18.7 Å². The quantitative estimate of drug-likeness (QED) is 0.646. The Morgan fingerprint density at radius 3 is 2.72 bits per heavy atom. The molecule has 2 aromatic carbocycles. The number of pyridine rings is 1. The smallest absolute Gasteiger partial charge is 0.256 e. The third-order valence-corrected chi connectivity index (χ3v) is 5.22. The van der Waals surface area contributed by atoms with E-state index in [1.54, 1.807) is 12.1 Å². The molecule has 0 fully saturated rings. The Morgan fingerprint density at radius 1 is 1.04 bits per heavy atom. The fourth-order valence-corrected chi connectivity index (χ4v) is 3.90. The molecule has 0 saturated heterocycles. The summed E-state index contributed by atoms with van der Waals surface area (Å²) in [7, 11) is 0. The summed E-state index contributed by atoms with van der Waals surface area (Å²) in [5.74, 6) is 0. The van der Waals surface area contributed by atoms with Crippen LogP contribution >= 0.6 is 23.2 Å². The molecule has 1 aliphatic rings. The van der Waals surface area contributed by atoms with Crippen molar-refractivity contribution in [2.45, 2.75) is 32.6 Å². The molecule has 0 spiro atoms. The van der Waals surface area contributed by atoms with Gasteiger partial charge in [-0.25, -0.2) is 0 Å². The number of hydrogen-bond donors (Lipinski definition) is 0. The maximum Gasteiger partial charge on any atom is 0.256 e. The Kier molecular flexibility index (Phi) is 4.55. The number of rotatable bonds is 4. The topological polar surface area (TPSA) is 31.2 Å². The van der Waals surface area contributed by atoms with Crippen LogP contribution in [0, 0.1) is 0 Å². The average Bonchev–Trinajstić information content (AvgIpc) is 2.61. The highest BCUT2D eigenvalue weighted by molar-refractivity contribution is 6.35. The van der Waals surface area contributed by atoms with E-state index < -0.39 is 0 Å². The van der Waals surface area contributed by atoms with Crippen molar-refractivity contribution in [1.82, 2.24) is 4.57 Å². The summed E-state index contributed by atoms with van der Waals surface area (Å²) in [6.07, 6.45) is 2.03. The van der Waals surface area contributed by atoms with Gasteiger partial charge in [0.1, 0.15) is 0 Å². The molecular formula is C20H17Cl2NO2. The second-order valence-electron chi connectivity index (χ2n) is 6.31. The van der Waals surface area contributed by atoms with Gasteiger partial charge in [-0.15, -0.1) is 0 Å². The first-order valence-electron chi connectivity index (χ1n) is 8.29. The zero-order valence-corrected chi connectivity index (χ0v) is 15.1. The van der Waals surface area contributed by atoms with Crippen LogP contribution in [-0.4, -0.2) is 4.57 Å². The van der Waals surface area contributed by atoms with Gasteiger partial charge in [0, 0.05) is 22.2 Å². The van der Waals surface area contributed by atoms with Crippen molar-refractivity contribution in [1.29, 1.82) is 0 Å². The van der Waals surface area contributed by atoms with Crippen LogP contribution in [0.4, 0.5) is 0 Å². The number of ether oxygens (including phenoxy) is 1. The molecule has 0 saturated carbocycles. The van der Waals surface area contributed by atoms with Gasteiger partial charge in [0.15, 0.2) is 0 Å². The molecule has 0 N–H and O–H groups in total. The molecule has 0 aliphatic carbocycles. The average molecular weight is 374 g/mol. The van der Waals surface area contributed by atoms with Crippen molar-refractivity contribution in [2.75, 3.05) is 0 Å². The highest BCUT2D eigenvalue weighted by Crippen LogP contribution is 2.25. The van der Waals surface area contributed by atoms with Crippen LogP contribution in [0.25, 0.3) is 10.9 Å². The predicted molar refractivity (Wildman–Crippen MR) is 101 cm³/mol. The van der Waals surface area contributed by atoms with E-state index in [-0.39, 0.29) is 12.2 Å². The minimum Gasteiger partial charge on any atom is -0.372 e. The lowest BCUT2D eigenvalue weighted by Gasteiger charge is -2.20. The van der Waals surface area contributed by atoms with Crippen LogP contribution in [0.5, 0.6) is 0 Å². The van der Waals surface area contributed by atoms with E-state index in [9.17, 15) is 4.79 Å². The molecule has 0 bridgehead atoms. The maximum absolute atomic E-state index is 12.8. The number of halogens is 2. The van der Waals surface area contributed by atoms with Gasteiger partial charge in [-0.05, 0) is 47.6 Å². The molecule has 1 aliphatic heterocycles.